The summed E-state index contributed by atoms with van der Waals surface area (Å²) in [6.45, 7) is 8.88. The fraction of sp³-hybridized carbons (Fsp3) is 1.00. The molecule has 2 fully saturated rings. The average Bonchev–Trinajstić information content (AvgIpc) is 2.27. The number of ether oxygens (including phenoxy) is 1. The molecule has 0 aromatic carbocycles. The second kappa shape index (κ2) is 4.60. The Kier molecular flexibility index (Phi) is 3.42. The molecular weight excluding hydrogens is 176 g/mol. The third-order valence-electron chi connectivity index (χ3n) is 3.64. The molecular formula is C11H22N2O. The lowest BCUT2D eigenvalue weighted by Crippen LogP contribution is -2.59. The number of rotatable bonds is 2. The number of likely N-dealkylation sites (tertiary alicyclic amines) is 1. The third kappa shape index (κ3) is 2.10. The van der Waals surface area contributed by atoms with Crippen molar-refractivity contribution in [2.75, 3.05) is 26.2 Å². The van der Waals surface area contributed by atoms with Gasteiger partial charge in [0.25, 0.3) is 0 Å². The van der Waals surface area contributed by atoms with Crippen molar-refractivity contribution >= 4 is 0 Å². The van der Waals surface area contributed by atoms with Gasteiger partial charge in [-0.3, -0.25) is 4.90 Å². The van der Waals surface area contributed by atoms with Crippen molar-refractivity contribution in [3.63, 3.8) is 0 Å². The van der Waals surface area contributed by atoms with Gasteiger partial charge in [-0.1, -0.05) is 6.92 Å². The molecule has 1 N–H and O–H groups in total. The zero-order valence-corrected chi connectivity index (χ0v) is 9.33. The highest BCUT2D eigenvalue weighted by Crippen LogP contribution is 2.19. The number of hydrogen-bond acceptors (Lipinski definition) is 3. The quantitative estimate of drug-likeness (QED) is 0.712. The van der Waals surface area contributed by atoms with Crippen LogP contribution in [0.25, 0.3) is 0 Å². The summed E-state index contributed by atoms with van der Waals surface area (Å²) in [4.78, 5) is 2.59. The fourth-order valence-corrected chi connectivity index (χ4v) is 2.46. The van der Waals surface area contributed by atoms with Crippen LogP contribution in [0.3, 0.4) is 0 Å². The maximum absolute atomic E-state index is 5.75. The third-order valence-corrected chi connectivity index (χ3v) is 3.64. The Hall–Kier alpha value is -0.120. The molecule has 2 aliphatic rings. The minimum Gasteiger partial charge on any atom is -0.375 e. The number of fused-ring (bicyclic) bond motifs is 1. The molecule has 0 radical (unpaired) electrons. The van der Waals surface area contributed by atoms with E-state index in [0.717, 1.165) is 19.2 Å². The van der Waals surface area contributed by atoms with Crippen LogP contribution in [0, 0.1) is 0 Å². The lowest BCUT2D eigenvalue weighted by atomic mass is 9.99. The van der Waals surface area contributed by atoms with Crippen LogP contribution in [-0.2, 0) is 4.74 Å². The van der Waals surface area contributed by atoms with Crippen molar-refractivity contribution < 1.29 is 4.74 Å². The van der Waals surface area contributed by atoms with Gasteiger partial charge in [0.15, 0.2) is 0 Å². The smallest absolute Gasteiger partial charge is 0.0753 e. The highest BCUT2D eigenvalue weighted by Gasteiger charge is 2.32. The largest absolute Gasteiger partial charge is 0.375 e. The molecule has 3 nitrogen and oxygen atoms in total. The molecule has 0 bridgehead atoms. The lowest BCUT2D eigenvalue weighted by Gasteiger charge is -2.43. The molecule has 2 aliphatic heterocycles. The molecule has 0 saturated carbocycles. The summed E-state index contributed by atoms with van der Waals surface area (Å²) in [6.07, 6.45) is 2.92. The van der Waals surface area contributed by atoms with Gasteiger partial charge in [0.05, 0.1) is 12.7 Å². The molecule has 0 aromatic rings. The number of morpholine rings is 1. The van der Waals surface area contributed by atoms with Crippen molar-refractivity contribution in [3.8, 4) is 0 Å². The topological polar surface area (TPSA) is 24.5 Å². The van der Waals surface area contributed by atoms with E-state index < -0.39 is 0 Å². The Bertz CT molecular complexity index is 186. The van der Waals surface area contributed by atoms with Crippen LogP contribution in [0.5, 0.6) is 0 Å². The van der Waals surface area contributed by atoms with E-state index in [-0.39, 0.29) is 0 Å². The SMILES string of the molecule is CCC(C)N1CC[C@H]2OCCN[C@H]2C1. The minimum atomic E-state index is 0.476. The second-order valence-electron chi connectivity index (χ2n) is 4.51. The van der Waals surface area contributed by atoms with Gasteiger partial charge in [-0.2, -0.15) is 0 Å². The zero-order valence-electron chi connectivity index (χ0n) is 9.33. The highest BCUT2D eigenvalue weighted by molar-refractivity contribution is 4.90. The van der Waals surface area contributed by atoms with Gasteiger partial charge in [-0.05, 0) is 19.8 Å². The molecule has 1 unspecified atom stereocenters. The van der Waals surface area contributed by atoms with E-state index in [1.807, 2.05) is 0 Å². The van der Waals surface area contributed by atoms with Crippen LogP contribution in [0.2, 0.25) is 0 Å². The summed E-state index contributed by atoms with van der Waals surface area (Å²) in [5.41, 5.74) is 0. The van der Waals surface area contributed by atoms with Gasteiger partial charge in [-0.25, -0.2) is 0 Å². The van der Waals surface area contributed by atoms with Crippen LogP contribution < -0.4 is 5.32 Å². The number of nitrogens with one attached hydrogen (secondary N) is 1. The average molecular weight is 198 g/mol. The van der Waals surface area contributed by atoms with Crippen LogP contribution in [0.4, 0.5) is 0 Å². The first kappa shape index (κ1) is 10.4. The van der Waals surface area contributed by atoms with Gasteiger partial charge in [-0.15, -0.1) is 0 Å². The molecule has 82 valence electrons. The van der Waals surface area contributed by atoms with Gasteiger partial charge in [0.2, 0.25) is 0 Å². The Morgan fingerprint density at radius 1 is 1.57 bits per heavy atom. The lowest BCUT2D eigenvalue weighted by molar-refractivity contribution is -0.0495. The molecule has 0 aromatic heterocycles. The first-order chi connectivity index (χ1) is 6.81. The molecule has 14 heavy (non-hydrogen) atoms. The predicted molar refractivity (Wildman–Crippen MR) is 57.5 cm³/mol. The van der Waals surface area contributed by atoms with Gasteiger partial charge < -0.3 is 10.1 Å². The first-order valence-corrected chi connectivity index (χ1v) is 5.90. The van der Waals surface area contributed by atoms with E-state index in [2.05, 4.69) is 24.1 Å². The van der Waals surface area contributed by atoms with E-state index in [9.17, 15) is 0 Å². The summed E-state index contributed by atoms with van der Waals surface area (Å²) < 4.78 is 5.75. The van der Waals surface area contributed by atoms with Crippen molar-refractivity contribution in [2.45, 2.75) is 44.9 Å². The summed E-state index contributed by atoms with van der Waals surface area (Å²) in [6, 6.07) is 1.30. The van der Waals surface area contributed by atoms with E-state index >= 15 is 0 Å². The molecule has 0 aliphatic carbocycles. The molecule has 3 atom stereocenters. The maximum atomic E-state index is 5.75. The van der Waals surface area contributed by atoms with Crippen LogP contribution >= 0.6 is 0 Å². The van der Waals surface area contributed by atoms with E-state index in [1.165, 1.54) is 25.9 Å². The van der Waals surface area contributed by atoms with Crippen molar-refractivity contribution in [1.82, 2.24) is 10.2 Å². The molecule has 2 rings (SSSR count). The molecule has 0 amide bonds. The molecule has 2 heterocycles. The normalized spacial score (nSPS) is 36.4. The van der Waals surface area contributed by atoms with Crippen LogP contribution in [0.15, 0.2) is 0 Å². The van der Waals surface area contributed by atoms with E-state index in [1.54, 1.807) is 0 Å². The second-order valence-corrected chi connectivity index (χ2v) is 4.51. The Morgan fingerprint density at radius 2 is 2.43 bits per heavy atom. The fourth-order valence-electron chi connectivity index (χ4n) is 2.46. The van der Waals surface area contributed by atoms with Crippen LogP contribution in [0.1, 0.15) is 26.7 Å². The minimum absolute atomic E-state index is 0.476. The van der Waals surface area contributed by atoms with Crippen LogP contribution in [-0.4, -0.2) is 49.3 Å². The maximum Gasteiger partial charge on any atom is 0.0753 e. The van der Waals surface area contributed by atoms with Gasteiger partial charge >= 0.3 is 0 Å². The standard InChI is InChI=1S/C11H22N2O/c1-3-9(2)13-6-4-11-10(8-13)12-5-7-14-11/h9-12H,3-8H2,1-2H3/t9?,10-,11+/m0/s1. The summed E-state index contributed by atoms with van der Waals surface area (Å²) in [5.74, 6) is 0. The summed E-state index contributed by atoms with van der Waals surface area (Å²) in [5, 5.41) is 3.56. The Labute approximate surface area is 86.8 Å². The van der Waals surface area contributed by atoms with Gasteiger partial charge in [0.1, 0.15) is 0 Å². The monoisotopic (exact) mass is 198 g/mol. The molecule has 2 saturated heterocycles. The van der Waals surface area contributed by atoms with Crippen molar-refractivity contribution in [2.24, 2.45) is 0 Å². The van der Waals surface area contributed by atoms with Crippen molar-refractivity contribution in [1.29, 1.82) is 0 Å². The van der Waals surface area contributed by atoms with Crippen molar-refractivity contribution in [3.05, 3.63) is 0 Å². The summed E-state index contributed by atoms with van der Waals surface area (Å²) in [7, 11) is 0. The Balaban J connectivity index is 1.89. The highest BCUT2D eigenvalue weighted by atomic mass is 16.5. The summed E-state index contributed by atoms with van der Waals surface area (Å²) >= 11 is 0. The number of nitrogens with zero attached hydrogens (tertiary/aromatic N) is 1. The molecule has 3 heteroatoms. The number of hydrogen-bond donors (Lipinski definition) is 1. The number of piperidine rings is 1. The first-order valence-electron chi connectivity index (χ1n) is 5.90. The molecule has 0 spiro atoms. The zero-order chi connectivity index (χ0) is 9.97. The van der Waals surface area contributed by atoms with E-state index in [0.29, 0.717) is 12.1 Å². The van der Waals surface area contributed by atoms with E-state index in [4.69, 9.17) is 4.74 Å². The van der Waals surface area contributed by atoms with Gasteiger partial charge in [0, 0.05) is 31.7 Å². The Morgan fingerprint density at radius 3 is 3.21 bits per heavy atom. The predicted octanol–water partition coefficient (Wildman–Crippen LogP) is 0.848.